The van der Waals surface area contributed by atoms with Crippen molar-refractivity contribution in [2.24, 2.45) is 0 Å². The largest absolute Gasteiger partial charge is 0.466 e. The van der Waals surface area contributed by atoms with Crippen molar-refractivity contribution in [2.45, 2.75) is 32.7 Å². The van der Waals surface area contributed by atoms with Crippen molar-refractivity contribution in [2.75, 3.05) is 26.9 Å². The van der Waals surface area contributed by atoms with Gasteiger partial charge in [-0.25, -0.2) is 0 Å². The molecule has 1 unspecified atom stereocenters. The van der Waals surface area contributed by atoms with E-state index in [2.05, 4.69) is 5.32 Å². The number of ether oxygens (including phenoxy) is 2. The molecule has 4 heteroatoms. The Kier molecular flexibility index (Phi) is 6.49. The Morgan fingerprint density at radius 1 is 1.43 bits per heavy atom. The van der Waals surface area contributed by atoms with E-state index < -0.39 is 0 Å². The van der Waals surface area contributed by atoms with Crippen LogP contribution in [0.3, 0.4) is 0 Å². The quantitative estimate of drug-likeness (QED) is 0.626. The summed E-state index contributed by atoms with van der Waals surface area (Å²) in [5.74, 6) is -0.187. The van der Waals surface area contributed by atoms with Gasteiger partial charge in [-0.2, -0.15) is 0 Å². The van der Waals surface area contributed by atoms with Gasteiger partial charge in [-0.05, 0) is 20.4 Å². The minimum absolute atomic E-state index is 0.187. The fourth-order valence-electron chi connectivity index (χ4n) is 1.44. The number of carbonyl (C=O) groups excluding carboxylic acids is 1. The van der Waals surface area contributed by atoms with Crippen molar-refractivity contribution in [1.82, 2.24) is 5.32 Å². The summed E-state index contributed by atoms with van der Waals surface area (Å²) in [5, 5.41) is 3.22. The zero-order chi connectivity index (χ0) is 11.0. The zero-order valence-corrected chi connectivity index (χ0v) is 9.55. The van der Waals surface area contributed by atoms with Gasteiger partial charge in [0.05, 0.1) is 19.6 Å². The van der Waals surface area contributed by atoms with E-state index in [4.69, 9.17) is 9.47 Å². The number of methoxy groups -OCH3 is 1. The molecule has 0 heterocycles. The molecule has 84 valence electrons. The van der Waals surface area contributed by atoms with Gasteiger partial charge in [-0.1, -0.05) is 6.92 Å². The highest BCUT2D eigenvalue weighted by Crippen LogP contribution is 2.11. The number of likely N-dealkylation sites (N-methyl/N-ethyl adjacent to an activating group) is 1. The van der Waals surface area contributed by atoms with Crippen LogP contribution < -0.4 is 5.32 Å². The molecule has 0 aliphatic heterocycles. The summed E-state index contributed by atoms with van der Waals surface area (Å²) in [5.41, 5.74) is -0.324. The first-order valence-corrected chi connectivity index (χ1v) is 4.97. The van der Waals surface area contributed by atoms with Crippen molar-refractivity contribution in [3.8, 4) is 0 Å². The third-order valence-electron chi connectivity index (χ3n) is 1.91. The molecular formula is C10H21NO3. The summed E-state index contributed by atoms with van der Waals surface area (Å²) >= 11 is 0. The maximum atomic E-state index is 11.3. The molecule has 1 atom stereocenters. The number of carbonyl (C=O) groups is 1. The van der Waals surface area contributed by atoms with Crippen LogP contribution in [0.2, 0.25) is 0 Å². The first-order chi connectivity index (χ1) is 6.58. The second-order valence-electron chi connectivity index (χ2n) is 3.51. The van der Waals surface area contributed by atoms with E-state index >= 15 is 0 Å². The van der Waals surface area contributed by atoms with Crippen LogP contribution in [0.4, 0.5) is 0 Å². The summed E-state index contributed by atoms with van der Waals surface area (Å²) in [6.45, 7) is 7.49. The molecule has 0 aliphatic rings. The monoisotopic (exact) mass is 203 g/mol. The molecule has 1 N–H and O–H groups in total. The third kappa shape index (κ3) is 5.19. The Bertz CT molecular complexity index is 165. The Labute approximate surface area is 86.0 Å². The average molecular weight is 203 g/mol. The highest BCUT2D eigenvalue weighted by Gasteiger charge is 2.27. The normalized spacial score (nSPS) is 14.9. The van der Waals surface area contributed by atoms with Gasteiger partial charge < -0.3 is 14.8 Å². The Balaban J connectivity index is 4.12. The van der Waals surface area contributed by atoms with E-state index in [1.807, 2.05) is 13.8 Å². The fraction of sp³-hybridized carbons (Fsp3) is 0.900. The minimum atomic E-state index is -0.324. The van der Waals surface area contributed by atoms with Crippen molar-refractivity contribution in [3.63, 3.8) is 0 Å². The summed E-state index contributed by atoms with van der Waals surface area (Å²) in [4.78, 5) is 11.3. The van der Waals surface area contributed by atoms with Gasteiger partial charge in [0.25, 0.3) is 0 Å². The van der Waals surface area contributed by atoms with Crippen LogP contribution >= 0.6 is 0 Å². The fourth-order valence-corrected chi connectivity index (χ4v) is 1.44. The maximum Gasteiger partial charge on any atom is 0.307 e. The van der Waals surface area contributed by atoms with Gasteiger partial charge in [-0.3, -0.25) is 4.79 Å². The van der Waals surface area contributed by atoms with Crippen LogP contribution in [0.15, 0.2) is 0 Å². The molecule has 0 aromatic rings. The average Bonchev–Trinajstić information content (AvgIpc) is 2.04. The molecule has 4 nitrogen and oxygen atoms in total. The molecular weight excluding hydrogens is 182 g/mol. The van der Waals surface area contributed by atoms with Crippen molar-refractivity contribution >= 4 is 5.97 Å². The lowest BCUT2D eigenvalue weighted by Crippen LogP contribution is -2.48. The predicted octanol–water partition coefficient (Wildman–Crippen LogP) is 0.954. The highest BCUT2D eigenvalue weighted by molar-refractivity contribution is 5.70. The number of hydrogen-bond donors (Lipinski definition) is 1. The third-order valence-corrected chi connectivity index (χ3v) is 1.91. The van der Waals surface area contributed by atoms with E-state index in [-0.39, 0.29) is 11.5 Å². The minimum Gasteiger partial charge on any atom is -0.466 e. The Hall–Kier alpha value is -0.610. The molecule has 0 amide bonds. The molecule has 0 rings (SSSR count). The summed E-state index contributed by atoms with van der Waals surface area (Å²) < 4.78 is 9.96. The van der Waals surface area contributed by atoms with Crippen molar-refractivity contribution in [3.05, 3.63) is 0 Å². The van der Waals surface area contributed by atoms with Crippen LogP contribution in [0.1, 0.15) is 27.2 Å². The van der Waals surface area contributed by atoms with Crippen LogP contribution in [0, 0.1) is 0 Å². The van der Waals surface area contributed by atoms with Gasteiger partial charge >= 0.3 is 5.97 Å². The second-order valence-corrected chi connectivity index (χ2v) is 3.51. The van der Waals surface area contributed by atoms with Crippen molar-refractivity contribution < 1.29 is 14.3 Å². The van der Waals surface area contributed by atoms with Gasteiger partial charge in [0.15, 0.2) is 0 Å². The number of hydrogen-bond acceptors (Lipinski definition) is 4. The van der Waals surface area contributed by atoms with E-state index in [1.165, 1.54) is 0 Å². The van der Waals surface area contributed by atoms with Gasteiger partial charge in [-0.15, -0.1) is 0 Å². The molecule has 0 fully saturated rings. The lowest BCUT2D eigenvalue weighted by Gasteiger charge is -2.28. The van der Waals surface area contributed by atoms with E-state index in [1.54, 1.807) is 14.0 Å². The van der Waals surface area contributed by atoms with Crippen LogP contribution in [0.5, 0.6) is 0 Å². The Morgan fingerprint density at radius 2 is 2.07 bits per heavy atom. The summed E-state index contributed by atoms with van der Waals surface area (Å²) in [6.07, 6.45) is 0.336. The van der Waals surface area contributed by atoms with Crippen LogP contribution in [0.25, 0.3) is 0 Å². The Morgan fingerprint density at radius 3 is 2.50 bits per heavy atom. The van der Waals surface area contributed by atoms with E-state index in [9.17, 15) is 4.79 Å². The number of esters is 1. The molecule has 0 bridgehead atoms. The van der Waals surface area contributed by atoms with Crippen LogP contribution in [-0.4, -0.2) is 38.4 Å². The summed E-state index contributed by atoms with van der Waals surface area (Å²) in [7, 11) is 1.63. The molecule has 0 aromatic heterocycles. The van der Waals surface area contributed by atoms with Crippen LogP contribution in [-0.2, 0) is 14.3 Å². The SMILES string of the molecule is CCNC(C)(COC)CC(=O)OCC. The first kappa shape index (κ1) is 13.4. The lowest BCUT2D eigenvalue weighted by atomic mass is 9.99. The van der Waals surface area contributed by atoms with Gasteiger partial charge in [0.1, 0.15) is 0 Å². The lowest BCUT2D eigenvalue weighted by molar-refractivity contribution is -0.145. The first-order valence-electron chi connectivity index (χ1n) is 4.97. The van der Waals surface area contributed by atoms with Crippen molar-refractivity contribution in [1.29, 1.82) is 0 Å². The smallest absolute Gasteiger partial charge is 0.307 e. The standard InChI is InChI=1S/C10H21NO3/c1-5-11-10(3,8-13-4)7-9(12)14-6-2/h11H,5-8H2,1-4H3. The van der Waals surface area contributed by atoms with Gasteiger partial charge in [0, 0.05) is 12.6 Å². The maximum absolute atomic E-state index is 11.3. The van der Waals surface area contributed by atoms with E-state index in [0.29, 0.717) is 19.6 Å². The molecule has 0 saturated carbocycles. The second kappa shape index (κ2) is 6.79. The number of nitrogens with one attached hydrogen (secondary N) is 1. The molecule has 0 aromatic carbocycles. The zero-order valence-electron chi connectivity index (χ0n) is 9.55. The highest BCUT2D eigenvalue weighted by atomic mass is 16.5. The molecule has 14 heavy (non-hydrogen) atoms. The van der Waals surface area contributed by atoms with Gasteiger partial charge in [0.2, 0.25) is 0 Å². The summed E-state index contributed by atoms with van der Waals surface area (Å²) in [6, 6.07) is 0. The van der Waals surface area contributed by atoms with E-state index in [0.717, 1.165) is 6.54 Å². The topological polar surface area (TPSA) is 47.6 Å². The molecule has 0 radical (unpaired) electrons. The predicted molar refractivity (Wildman–Crippen MR) is 55.2 cm³/mol. The molecule has 0 saturated heterocycles. The molecule has 0 spiro atoms. The number of rotatable bonds is 7. The molecule has 0 aliphatic carbocycles.